The van der Waals surface area contributed by atoms with Crippen LogP contribution in [0.15, 0.2) is 114 Å². The molecule has 0 aliphatic carbocycles. The Morgan fingerprint density at radius 2 is 1.16 bits per heavy atom. The van der Waals surface area contributed by atoms with E-state index in [2.05, 4.69) is 48.5 Å². The molecule has 2 heteroatoms. The third-order valence-corrected chi connectivity index (χ3v) is 6.27. The minimum Gasteiger partial charge on any atom is -0.458 e. The number of benzene rings is 4. The van der Waals surface area contributed by atoms with Gasteiger partial charge < -0.3 is 9.52 Å². The van der Waals surface area contributed by atoms with Gasteiger partial charge in [0.1, 0.15) is 16.9 Å². The van der Waals surface area contributed by atoms with Gasteiger partial charge in [0, 0.05) is 5.39 Å². The summed E-state index contributed by atoms with van der Waals surface area (Å²) in [6.07, 6.45) is 0. The van der Waals surface area contributed by atoms with Crippen molar-refractivity contribution < 1.29 is 9.52 Å². The summed E-state index contributed by atoms with van der Waals surface area (Å²) in [7, 11) is 0. The predicted molar refractivity (Wildman–Crippen MR) is 131 cm³/mol. The van der Waals surface area contributed by atoms with Gasteiger partial charge in [0.2, 0.25) is 0 Å². The molecule has 0 radical (unpaired) electrons. The number of fused-ring (bicyclic) bond motifs is 1. The second kappa shape index (κ2) is 8.14. The van der Waals surface area contributed by atoms with Gasteiger partial charge in [-0.2, -0.15) is 0 Å². The topological polar surface area (TPSA) is 33.4 Å². The molecule has 1 unspecified atom stereocenters. The summed E-state index contributed by atoms with van der Waals surface area (Å²) in [5.41, 5.74) is 4.95. The van der Waals surface area contributed by atoms with Gasteiger partial charge in [-0.3, -0.25) is 0 Å². The van der Waals surface area contributed by atoms with Crippen LogP contribution < -0.4 is 0 Å². The molecule has 4 aromatic carbocycles. The standard InChI is InChI=1S/C30H26O2/c1-21(2)30(31,27-16-13-24(14-17-27)22-9-5-3-6-10-22)29-20-26-19-25(15-18-28(26)32-29)23-11-7-4-8-12-23/h3-21,31H,1-2H3. The van der Waals surface area contributed by atoms with Gasteiger partial charge in [0.25, 0.3) is 0 Å². The van der Waals surface area contributed by atoms with Crippen LogP contribution in [0.25, 0.3) is 33.2 Å². The lowest BCUT2D eigenvalue weighted by atomic mass is 9.80. The van der Waals surface area contributed by atoms with E-state index < -0.39 is 5.60 Å². The Hall–Kier alpha value is -3.62. The number of rotatable bonds is 5. The minimum atomic E-state index is -1.22. The summed E-state index contributed by atoms with van der Waals surface area (Å²) in [5.74, 6) is 0.499. The van der Waals surface area contributed by atoms with E-state index >= 15 is 0 Å². The van der Waals surface area contributed by atoms with Crippen molar-refractivity contribution >= 4 is 11.0 Å². The fraction of sp³-hybridized carbons (Fsp3) is 0.133. The molecule has 0 saturated carbocycles. The van der Waals surface area contributed by atoms with Crippen molar-refractivity contribution in [3.8, 4) is 22.3 Å². The maximum absolute atomic E-state index is 11.9. The first-order valence-electron chi connectivity index (χ1n) is 11.0. The van der Waals surface area contributed by atoms with E-state index in [4.69, 9.17) is 4.42 Å². The Morgan fingerprint density at radius 1 is 0.625 bits per heavy atom. The highest BCUT2D eigenvalue weighted by Crippen LogP contribution is 2.40. The monoisotopic (exact) mass is 418 g/mol. The highest BCUT2D eigenvalue weighted by atomic mass is 16.4. The zero-order valence-corrected chi connectivity index (χ0v) is 18.3. The van der Waals surface area contributed by atoms with E-state index in [0.29, 0.717) is 5.76 Å². The Balaban J connectivity index is 1.55. The molecule has 5 aromatic rings. The van der Waals surface area contributed by atoms with E-state index in [1.807, 2.05) is 74.5 Å². The fourth-order valence-corrected chi connectivity index (χ4v) is 4.35. The molecule has 1 aromatic heterocycles. The maximum Gasteiger partial charge on any atom is 0.149 e. The lowest BCUT2D eigenvalue weighted by molar-refractivity contribution is 0.0123. The van der Waals surface area contributed by atoms with Gasteiger partial charge in [0.05, 0.1) is 0 Å². The van der Waals surface area contributed by atoms with Crippen LogP contribution in [-0.4, -0.2) is 5.11 Å². The average Bonchev–Trinajstić information content (AvgIpc) is 3.28. The van der Waals surface area contributed by atoms with Gasteiger partial charge in [-0.05, 0) is 51.9 Å². The van der Waals surface area contributed by atoms with Crippen molar-refractivity contribution in [3.63, 3.8) is 0 Å². The zero-order chi connectivity index (χ0) is 22.1. The molecule has 0 bridgehead atoms. The molecule has 0 amide bonds. The van der Waals surface area contributed by atoms with Crippen LogP contribution in [0.2, 0.25) is 0 Å². The van der Waals surface area contributed by atoms with Crippen LogP contribution >= 0.6 is 0 Å². The van der Waals surface area contributed by atoms with Gasteiger partial charge in [-0.1, -0.05) is 105 Å². The van der Waals surface area contributed by atoms with Crippen molar-refractivity contribution in [3.05, 3.63) is 121 Å². The molecule has 5 rings (SSSR count). The molecule has 0 saturated heterocycles. The Kier molecular flexibility index (Phi) is 5.16. The summed E-state index contributed by atoms with van der Waals surface area (Å²) in [6, 6.07) is 36.8. The third kappa shape index (κ3) is 3.53. The normalized spacial score (nSPS) is 13.4. The van der Waals surface area contributed by atoms with Crippen LogP contribution in [0.1, 0.15) is 25.2 Å². The highest BCUT2D eigenvalue weighted by molar-refractivity contribution is 5.84. The van der Waals surface area contributed by atoms with Crippen molar-refractivity contribution in [2.75, 3.05) is 0 Å². The maximum atomic E-state index is 11.9. The van der Waals surface area contributed by atoms with Crippen molar-refractivity contribution in [2.24, 2.45) is 5.92 Å². The fourth-order valence-electron chi connectivity index (χ4n) is 4.35. The molecule has 0 fully saturated rings. The lowest BCUT2D eigenvalue weighted by Crippen LogP contribution is -2.32. The van der Waals surface area contributed by atoms with E-state index in [-0.39, 0.29) is 5.92 Å². The van der Waals surface area contributed by atoms with E-state index in [1.165, 1.54) is 0 Å². The molecular weight excluding hydrogens is 392 g/mol. The van der Waals surface area contributed by atoms with Crippen LogP contribution in [0.5, 0.6) is 0 Å². The zero-order valence-electron chi connectivity index (χ0n) is 18.3. The molecule has 1 heterocycles. The quantitative estimate of drug-likeness (QED) is 0.318. The van der Waals surface area contributed by atoms with Gasteiger partial charge in [0.15, 0.2) is 0 Å². The molecule has 32 heavy (non-hydrogen) atoms. The first-order valence-corrected chi connectivity index (χ1v) is 11.0. The van der Waals surface area contributed by atoms with Gasteiger partial charge >= 0.3 is 0 Å². The molecule has 1 atom stereocenters. The Labute approximate surface area is 188 Å². The molecule has 0 spiro atoms. The van der Waals surface area contributed by atoms with Crippen molar-refractivity contribution in [2.45, 2.75) is 19.4 Å². The Morgan fingerprint density at radius 3 is 1.75 bits per heavy atom. The molecule has 158 valence electrons. The van der Waals surface area contributed by atoms with Gasteiger partial charge in [-0.25, -0.2) is 0 Å². The van der Waals surface area contributed by atoms with Crippen molar-refractivity contribution in [1.82, 2.24) is 0 Å². The van der Waals surface area contributed by atoms with Crippen LogP contribution in [0, 0.1) is 5.92 Å². The van der Waals surface area contributed by atoms with E-state index in [0.717, 1.165) is 38.8 Å². The smallest absolute Gasteiger partial charge is 0.149 e. The summed E-state index contributed by atoms with van der Waals surface area (Å²) < 4.78 is 6.20. The number of furan rings is 1. The number of hydrogen-bond donors (Lipinski definition) is 1. The SMILES string of the molecule is CC(C)C(O)(c1ccc(-c2ccccc2)cc1)c1cc2cc(-c3ccccc3)ccc2o1. The van der Waals surface area contributed by atoms with Crippen molar-refractivity contribution in [1.29, 1.82) is 0 Å². The number of hydrogen-bond acceptors (Lipinski definition) is 2. The third-order valence-electron chi connectivity index (χ3n) is 6.27. The summed E-state index contributed by atoms with van der Waals surface area (Å²) in [6.45, 7) is 4.04. The largest absolute Gasteiger partial charge is 0.458 e. The average molecular weight is 419 g/mol. The lowest BCUT2D eigenvalue weighted by Gasteiger charge is -2.31. The van der Waals surface area contributed by atoms with Crippen LogP contribution in [-0.2, 0) is 5.60 Å². The number of aliphatic hydroxyl groups is 1. The predicted octanol–water partition coefficient (Wildman–Crippen LogP) is 7.66. The van der Waals surface area contributed by atoms with E-state index in [9.17, 15) is 5.11 Å². The molecular formula is C30H26O2. The highest BCUT2D eigenvalue weighted by Gasteiger charge is 2.38. The van der Waals surface area contributed by atoms with Crippen LogP contribution in [0.3, 0.4) is 0 Å². The first-order chi connectivity index (χ1) is 15.6. The van der Waals surface area contributed by atoms with Gasteiger partial charge in [-0.15, -0.1) is 0 Å². The molecule has 1 N–H and O–H groups in total. The van der Waals surface area contributed by atoms with Crippen LogP contribution in [0.4, 0.5) is 0 Å². The summed E-state index contributed by atoms with van der Waals surface area (Å²) >= 11 is 0. The molecule has 0 aliphatic heterocycles. The Bertz CT molecular complexity index is 1330. The summed E-state index contributed by atoms with van der Waals surface area (Å²) in [5, 5.41) is 12.9. The summed E-state index contributed by atoms with van der Waals surface area (Å²) in [4.78, 5) is 0. The second-order valence-electron chi connectivity index (χ2n) is 8.59. The molecule has 2 nitrogen and oxygen atoms in total. The minimum absolute atomic E-state index is 0.0702. The first kappa shape index (κ1) is 20.3. The van der Waals surface area contributed by atoms with E-state index in [1.54, 1.807) is 0 Å². The second-order valence-corrected chi connectivity index (χ2v) is 8.59. The molecule has 0 aliphatic rings.